The molecular weight excluding hydrogens is 250 g/mol. The highest BCUT2D eigenvalue weighted by atomic mass is 32.2. The van der Waals surface area contributed by atoms with Gasteiger partial charge in [-0.15, -0.1) is 0 Å². The quantitative estimate of drug-likeness (QED) is 0.547. The van der Waals surface area contributed by atoms with E-state index in [1.807, 2.05) is 11.8 Å². The van der Waals surface area contributed by atoms with E-state index >= 15 is 0 Å². The first-order valence-corrected chi connectivity index (χ1v) is 7.09. The second kappa shape index (κ2) is 6.55. The molecule has 1 saturated heterocycles. The van der Waals surface area contributed by atoms with E-state index in [-0.39, 0.29) is 5.91 Å². The van der Waals surface area contributed by atoms with Crippen LogP contribution in [0.1, 0.15) is 23.3 Å². The number of carbonyl (C=O) groups excluding carboxylic acids is 1. The fraction of sp³-hybridized carbons (Fsp3) is 0.545. The summed E-state index contributed by atoms with van der Waals surface area (Å²) in [6.45, 7) is 0.720. The Balaban J connectivity index is 1.82. The smallest absolute Gasteiger partial charge is 0.271 e. The van der Waals surface area contributed by atoms with Crippen LogP contribution >= 0.6 is 11.8 Å². The molecule has 0 saturated carbocycles. The zero-order valence-electron chi connectivity index (χ0n) is 10.1. The fourth-order valence-corrected chi connectivity index (χ4v) is 3.00. The van der Waals surface area contributed by atoms with E-state index in [4.69, 9.17) is 5.84 Å². The molecule has 1 aliphatic heterocycles. The van der Waals surface area contributed by atoms with E-state index in [9.17, 15) is 4.79 Å². The lowest BCUT2D eigenvalue weighted by molar-refractivity contribution is 0.0941. The normalized spacial score (nSPS) is 16.3. The molecule has 0 unspecified atom stereocenters. The largest absolute Gasteiger partial charge is 0.350 e. The van der Waals surface area contributed by atoms with Crippen molar-refractivity contribution in [3.8, 4) is 0 Å². The molecule has 1 aromatic heterocycles. The lowest BCUT2D eigenvalue weighted by Crippen LogP contribution is -2.31. The second-order valence-electron chi connectivity index (χ2n) is 4.20. The molecule has 2 heterocycles. The van der Waals surface area contributed by atoms with Crippen LogP contribution < -0.4 is 16.6 Å². The van der Waals surface area contributed by atoms with Crippen molar-refractivity contribution < 1.29 is 4.79 Å². The van der Waals surface area contributed by atoms with Gasteiger partial charge >= 0.3 is 0 Å². The molecular formula is C11H17N5OS. The van der Waals surface area contributed by atoms with Gasteiger partial charge in [0, 0.05) is 6.54 Å². The minimum Gasteiger partial charge on any atom is -0.350 e. The van der Waals surface area contributed by atoms with Crippen LogP contribution in [-0.4, -0.2) is 33.9 Å². The van der Waals surface area contributed by atoms with Gasteiger partial charge in [-0.3, -0.25) is 4.79 Å². The molecule has 1 amide bonds. The molecule has 98 valence electrons. The number of aromatic nitrogens is 2. The average Bonchev–Trinajstić information content (AvgIpc) is 2.46. The Morgan fingerprint density at radius 3 is 2.78 bits per heavy atom. The van der Waals surface area contributed by atoms with Gasteiger partial charge in [-0.2, -0.15) is 11.8 Å². The summed E-state index contributed by atoms with van der Waals surface area (Å²) < 4.78 is 0. The lowest BCUT2D eigenvalue weighted by Gasteiger charge is -2.21. The van der Waals surface area contributed by atoms with Crippen molar-refractivity contribution in [3.05, 3.63) is 18.1 Å². The van der Waals surface area contributed by atoms with Crippen molar-refractivity contribution in [2.45, 2.75) is 12.8 Å². The van der Waals surface area contributed by atoms with E-state index < -0.39 is 0 Å². The average molecular weight is 267 g/mol. The molecule has 1 aliphatic rings. The molecule has 18 heavy (non-hydrogen) atoms. The van der Waals surface area contributed by atoms with Gasteiger partial charge in [0.2, 0.25) is 0 Å². The number of amides is 1. The summed E-state index contributed by atoms with van der Waals surface area (Å²) in [5.74, 6) is 8.42. The summed E-state index contributed by atoms with van der Waals surface area (Å²) in [7, 11) is 0. The Kier molecular flexibility index (Phi) is 4.77. The molecule has 0 atom stereocenters. The van der Waals surface area contributed by atoms with Gasteiger partial charge in [-0.05, 0) is 30.3 Å². The maximum Gasteiger partial charge on any atom is 0.271 e. The highest BCUT2D eigenvalue weighted by Gasteiger charge is 2.15. The molecule has 1 aromatic rings. The summed E-state index contributed by atoms with van der Waals surface area (Å²) in [6, 6.07) is 0. The Bertz CT molecular complexity index is 391. The highest BCUT2D eigenvalue weighted by Crippen LogP contribution is 2.21. The van der Waals surface area contributed by atoms with E-state index in [1.54, 1.807) is 0 Å². The van der Waals surface area contributed by atoms with E-state index in [1.165, 1.54) is 36.7 Å². The van der Waals surface area contributed by atoms with Gasteiger partial charge < -0.3 is 10.7 Å². The van der Waals surface area contributed by atoms with Crippen molar-refractivity contribution in [2.24, 2.45) is 11.8 Å². The number of anilines is 1. The summed E-state index contributed by atoms with van der Waals surface area (Å²) in [4.78, 5) is 19.8. The van der Waals surface area contributed by atoms with Crippen molar-refractivity contribution in [2.75, 3.05) is 23.5 Å². The van der Waals surface area contributed by atoms with Gasteiger partial charge in [0.25, 0.3) is 5.91 Å². The van der Waals surface area contributed by atoms with Gasteiger partial charge in [0.05, 0.1) is 12.4 Å². The zero-order chi connectivity index (χ0) is 12.8. The molecule has 4 N–H and O–H groups in total. The van der Waals surface area contributed by atoms with E-state index in [0.29, 0.717) is 17.4 Å². The minimum absolute atomic E-state index is 0.177. The number of hydrogen-bond donors (Lipinski definition) is 3. The maximum absolute atomic E-state index is 11.8. The van der Waals surface area contributed by atoms with Gasteiger partial charge in [-0.1, -0.05) is 0 Å². The lowest BCUT2D eigenvalue weighted by atomic mass is 10.0. The maximum atomic E-state index is 11.8. The summed E-state index contributed by atoms with van der Waals surface area (Å²) in [5, 5.41) is 2.90. The van der Waals surface area contributed by atoms with Crippen LogP contribution in [0.3, 0.4) is 0 Å². The van der Waals surface area contributed by atoms with Crippen LogP contribution in [0.4, 0.5) is 5.82 Å². The van der Waals surface area contributed by atoms with Crippen LogP contribution in [0.5, 0.6) is 0 Å². The first-order chi connectivity index (χ1) is 8.79. The first-order valence-electron chi connectivity index (χ1n) is 5.94. The van der Waals surface area contributed by atoms with Crippen LogP contribution in [-0.2, 0) is 0 Å². The minimum atomic E-state index is -0.177. The Hall–Kier alpha value is -1.34. The number of nitrogens with two attached hydrogens (primary N) is 1. The van der Waals surface area contributed by atoms with Crippen molar-refractivity contribution in [1.29, 1.82) is 0 Å². The topological polar surface area (TPSA) is 92.9 Å². The molecule has 0 spiro atoms. The second-order valence-corrected chi connectivity index (χ2v) is 5.42. The van der Waals surface area contributed by atoms with Crippen molar-refractivity contribution in [1.82, 2.24) is 15.3 Å². The van der Waals surface area contributed by atoms with Crippen LogP contribution in [0.2, 0.25) is 0 Å². The molecule has 6 nitrogen and oxygen atoms in total. The Morgan fingerprint density at radius 1 is 1.39 bits per heavy atom. The number of nitrogen functional groups attached to an aromatic ring is 1. The van der Waals surface area contributed by atoms with Crippen LogP contribution in [0, 0.1) is 5.92 Å². The van der Waals surface area contributed by atoms with E-state index in [0.717, 1.165) is 6.54 Å². The number of nitrogens with one attached hydrogen (secondary N) is 2. The molecule has 2 rings (SSSR count). The number of carbonyl (C=O) groups is 1. The highest BCUT2D eigenvalue weighted by molar-refractivity contribution is 7.99. The molecule has 1 fully saturated rings. The predicted molar refractivity (Wildman–Crippen MR) is 72.2 cm³/mol. The van der Waals surface area contributed by atoms with E-state index in [2.05, 4.69) is 20.7 Å². The van der Waals surface area contributed by atoms with Gasteiger partial charge in [-0.25, -0.2) is 15.8 Å². The summed E-state index contributed by atoms with van der Waals surface area (Å²) in [6.07, 6.45) is 5.20. The van der Waals surface area contributed by atoms with Crippen LogP contribution in [0.25, 0.3) is 0 Å². The predicted octanol–water partition coefficient (Wildman–Crippen LogP) is 0.635. The van der Waals surface area contributed by atoms with Crippen LogP contribution in [0.15, 0.2) is 12.4 Å². The number of hydrazine groups is 1. The molecule has 0 radical (unpaired) electrons. The number of thioether (sulfide) groups is 1. The Labute approximate surface area is 110 Å². The van der Waals surface area contributed by atoms with Gasteiger partial charge in [0.15, 0.2) is 5.82 Å². The molecule has 0 bridgehead atoms. The van der Waals surface area contributed by atoms with Crippen molar-refractivity contribution >= 4 is 23.5 Å². The zero-order valence-corrected chi connectivity index (χ0v) is 10.9. The third-order valence-corrected chi connectivity index (χ3v) is 3.97. The number of rotatable bonds is 4. The first kappa shape index (κ1) is 13.1. The SMILES string of the molecule is NNc1cnc(C(=O)NCC2CCSCC2)cn1. The Morgan fingerprint density at radius 2 is 2.17 bits per heavy atom. The standard InChI is InChI=1S/C11H17N5OS/c12-16-10-7-13-9(6-14-10)11(17)15-5-8-1-3-18-4-2-8/h6-8H,1-5,12H2,(H,14,16)(H,15,17). The number of nitrogens with zero attached hydrogens (tertiary/aromatic N) is 2. The summed E-state index contributed by atoms with van der Waals surface area (Å²) in [5.41, 5.74) is 2.69. The molecule has 0 aromatic carbocycles. The molecule has 7 heteroatoms. The van der Waals surface area contributed by atoms with Gasteiger partial charge in [0.1, 0.15) is 5.69 Å². The molecule has 0 aliphatic carbocycles. The van der Waals surface area contributed by atoms with Crippen molar-refractivity contribution in [3.63, 3.8) is 0 Å². The fourth-order valence-electron chi connectivity index (χ4n) is 1.80. The third-order valence-electron chi connectivity index (χ3n) is 2.92. The monoisotopic (exact) mass is 267 g/mol. The summed E-state index contributed by atoms with van der Waals surface area (Å²) >= 11 is 1.98. The number of hydrogen-bond acceptors (Lipinski definition) is 6. The third kappa shape index (κ3) is 3.58.